The molecule has 0 radical (unpaired) electrons. The molecule has 0 aliphatic rings. The molecule has 1 aromatic carbocycles. The normalized spacial score (nSPS) is 11.2. The summed E-state index contributed by atoms with van der Waals surface area (Å²) in [6, 6.07) is 11.5. The molecule has 2 aromatic rings. The summed E-state index contributed by atoms with van der Waals surface area (Å²) in [5.41, 5.74) is 8.01. The van der Waals surface area contributed by atoms with Gasteiger partial charge < -0.3 is 10.6 Å². The number of amides is 1. The van der Waals surface area contributed by atoms with Crippen molar-refractivity contribution in [3.8, 4) is 0 Å². The monoisotopic (exact) mass is 297 g/mol. The number of hydrogen-bond acceptors (Lipinski definition) is 3. The molecule has 2 N–H and O–H groups in total. The molecule has 0 bridgehead atoms. The second-order valence-corrected chi connectivity index (χ2v) is 6.08. The molecule has 116 valence electrons. The van der Waals surface area contributed by atoms with Gasteiger partial charge in [0.2, 0.25) is 5.91 Å². The van der Waals surface area contributed by atoms with E-state index in [1.807, 2.05) is 57.3 Å². The van der Waals surface area contributed by atoms with Crippen molar-refractivity contribution in [1.82, 2.24) is 9.88 Å². The lowest BCUT2D eigenvalue weighted by molar-refractivity contribution is -0.134. The number of nitrogens with two attached hydrogens (primary N) is 1. The topological polar surface area (TPSA) is 59.2 Å². The number of pyridine rings is 1. The Balaban J connectivity index is 2.04. The maximum atomic E-state index is 12.8. The third-order valence-electron chi connectivity index (χ3n) is 4.00. The van der Waals surface area contributed by atoms with Crippen LogP contribution in [0.5, 0.6) is 0 Å². The largest absolute Gasteiger partial charge is 0.399 e. The number of nitrogens with zero attached hydrogens (tertiary/aromatic N) is 2. The molecule has 1 amide bonds. The molecule has 0 fully saturated rings. The van der Waals surface area contributed by atoms with Gasteiger partial charge in [-0.05, 0) is 55.7 Å². The fraction of sp³-hybridized carbons (Fsp3) is 0.333. The summed E-state index contributed by atoms with van der Waals surface area (Å²) in [5, 5.41) is 0. The summed E-state index contributed by atoms with van der Waals surface area (Å²) in [5.74, 6) is 0.103. The van der Waals surface area contributed by atoms with Crippen LogP contribution in [0.15, 0.2) is 48.8 Å². The third kappa shape index (κ3) is 3.64. The zero-order chi connectivity index (χ0) is 16.2. The Hall–Kier alpha value is -2.36. The Kier molecular flexibility index (Phi) is 4.81. The number of carbonyl (C=O) groups is 1. The fourth-order valence-electron chi connectivity index (χ4n) is 2.45. The minimum atomic E-state index is -0.569. The van der Waals surface area contributed by atoms with E-state index < -0.39 is 5.41 Å². The van der Waals surface area contributed by atoms with Crippen molar-refractivity contribution < 1.29 is 4.79 Å². The molecule has 0 aliphatic heterocycles. The van der Waals surface area contributed by atoms with E-state index in [0.717, 1.165) is 12.0 Å². The van der Waals surface area contributed by atoms with Gasteiger partial charge in [0.05, 0.1) is 5.41 Å². The van der Waals surface area contributed by atoms with E-state index in [2.05, 4.69) is 4.98 Å². The molecular weight excluding hydrogens is 274 g/mol. The number of nitrogen functional groups attached to an aromatic ring is 1. The molecule has 4 nitrogen and oxygen atoms in total. The molecule has 1 heterocycles. The van der Waals surface area contributed by atoms with E-state index >= 15 is 0 Å². The minimum absolute atomic E-state index is 0.103. The first kappa shape index (κ1) is 16.0. The maximum Gasteiger partial charge on any atom is 0.232 e. The Morgan fingerprint density at radius 1 is 1.14 bits per heavy atom. The Bertz CT molecular complexity index is 621. The number of carbonyl (C=O) groups excluding carboxylic acids is 1. The van der Waals surface area contributed by atoms with E-state index in [1.165, 1.54) is 5.56 Å². The van der Waals surface area contributed by atoms with Gasteiger partial charge in [-0.1, -0.05) is 12.1 Å². The molecular formula is C18H23N3O. The van der Waals surface area contributed by atoms with E-state index in [0.29, 0.717) is 12.2 Å². The standard InChI is InChI=1S/C18H23N3O/c1-18(2,15-4-6-16(19)7-5-15)17(22)21(3)13-10-14-8-11-20-12-9-14/h4-9,11-12H,10,13,19H2,1-3H3. The highest BCUT2D eigenvalue weighted by atomic mass is 16.2. The van der Waals surface area contributed by atoms with Crippen LogP contribution in [0.3, 0.4) is 0 Å². The van der Waals surface area contributed by atoms with Crippen molar-refractivity contribution in [1.29, 1.82) is 0 Å². The number of aromatic nitrogens is 1. The number of rotatable bonds is 5. The van der Waals surface area contributed by atoms with Crippen molar-refractivity contribution in [3.63, 3.8) is 0 Å². The van der Waals surface area contributed by atoms with Crippen molar-refractivity contribution in [2.24, 2.45) is 0 Å². The summed E-state index contributed by atoms with van der Waals surface area (Å²) < 4.78 is 0. The first-order chi connectivity index (χ1) is 10.4. The van der Waals surface area contributed by atoms with Crippen LogP contribution in [-0.4, -0.2) is 29.4 Å². The van der Waals surface area contributed by atoms with Crippen LogP contribution < -0.4 is 5.73 Å². The smallest absolute Gasteiger partial charge is 0.232 e. The van der Waals surface area contributed by atoms with Gasteiger partial charge in [0.1, 0.15) is 0 Å². The lowest BCUT2D eigenvalue weighted by Crippen LogP contribution is -2.42. The van der Waals surface area contributed by atoms with E-state index in [9.17, 15) is 4.79 Å². The summed E-state index contributed by atoms with van der Waals surface area (Å²) >= 11 is 0. The number of benzene rings is 1. The summed E-state index contributed by atoms with van der Waals surface area (Å²) in [6.45, 7) is 4.58. The molecule has 0 saturated carbocycles. The predicted molar refractivity (Wildman–Crippen MR) is 89.5 cm³/mol. The van der Waals surface area contributed by atoms with Crippen molar-refractivity contribution in [2.75, 3.05) is 19.3 Å². The minimum Gasteiger partial charge on any atom is -0.399 e. The lowest BCUT2D eigenvalue weighted by Gasteiger charge is -2.30. The van der Waals surface area contributed by atoms with Crippen LogP contribution in [-0.2, 0) is 16.6 Å². The van der Waals surface area contributed by atoms with Crippen molar-refractivity contribution >= 4 is 11.6 Å². The summed E-state index contributed by atoms with van der Waals surface area (Å²) in [4.78, 5) is 18.5. The Morgan fingerprint density at radius 2 is 1.73 bits per heavy atom. The molecule has 0 atom stereocenters. The average molecular weight is 297 g/mol. The highest BCUT2D eigenvalue weighted by molar-refractivity contribution is 5.87. The molecule has 0 spiro atoms. The van der Waals surface area contributed by atoms with Gasteiger partial charge in [0.15, 0.2) is 0 Å². The van der Waals surface area contributed by atoms with E-state index in [-0.39, 0.29) is 5.91 Å². The van der Waals surface area contributed by atoms with Crippen LogP contribution in [0, 0.1) is 0 Å². The molecule has 0 aliphatic carbocycles. The van der Waals surface area contributed by atoms with Gasteiger partial charge in [0.25, 0.3) is 0 Å². The summed E-state index contributed by atoms with van der Waals surface area (Å²) in [7, 11) is 1.85. The highest BCUT2D eigenvalue weighted by Gasteiger charge is 2.32. The van der Waals surface area contributed by atoms with Crippen LogP contribution in [0.1, 0.15) is 25.0 Å². The zero-order valence-electron chi connectivity index (χ0n) is 13.4. The highest BCUT2D eigenvalue weighted by Crippen LogP contribution is 2.26. The molecule has 22 heavy (non-hydrogen) atoms. The van der Waals surface area contributed by atoms with Crippen molar-refractivity contribution in [2.45, 2.75) is 25.7 Å². The molecule has 2 rings (SSSR count). The van der Waals surface area contributed by atoms with Crippen LogP contribution in [0.2, 0.25) is 0 Å². The lowest BCUT2D eigenvalue weighted by atomic mass is 9.83. The molecule has 0 saturated heterocycles. The molecule has 1 aromatic heterocycles. The van der Waals surface area contributed by atoms with Gasteiger partial charge in [-0.15, -0.1) is 0 Å². The number of hydrogen-bond donors (Lipinski definition) is 1. The van der Waals surface area contributed by atoms with Crippen molar-refractivity contribution in [3.05, 3.63) is 59.9 Å². The van der Waals surface area contributed by atoms with Gasteiger partial charge in [0, 0.05) is 31.7 Å². The van der Waals surface area contributed by atoms with Crippen LogP contribution in [0.4, 0.5) is 5.69 Å². The number of likely N-dealkylation sites (N-methyl/N-ethyl adjacent to an activating group) is 1. The molecule has 0 unspecified atom stereocenters. The van der Waals surface area contributed by atoms with Crippen LogP contribution in [0.25, 0.3) is 0 Å². The van der Waals surface area contributed by atoms with E-state index in [1.54, 1.807) is 17.3 Å². The van der Waals surface area contributed by atoms with Gasteiger partial charge in [-0.3, -0.25) is 9.78 Å². The van der Waals surface area contributed by atoms with Gasteiger partial charge in [-0.2, -0.15) is 0 Å². The van der Waals surface area contributed by atoms with Crippen LogP contribution >= 0.6 is 0 Å². The van der Waals surface area contributed by atoms with Gasteiger partial charge >= 0.3 is 0 Å². The molecule has 4 heteroatoms. The Labute approximate surface area is 132 Å². The fourth-order valence-corrected chi connectivity index (χ4v) is 2.45. The van der Waals surface area contributed by atoms with Gasteiger partial charge in [-0.25, -0.2) is 0 Å². The van der Waals surface area contributed by atoms with E-state index in [4.69, 9.17) is 5.73 Å². The average Bonchev–Trinajstić information content (AvgIpc) is 2.53. The second-order valence-electron chi connectivity index (χ2n) is 6.08. The first-order valence-corrected chi connectivity index (χ1v) is 7.42. The number of anilines is 1. The second kappa shape index (κ2) is 6.60. The summed E-state index contributed by atoms with van der Waals surface area (Å²) in [6.07, 6.45) is 4.37. The quantitative estimate of drug-likeness (QED) is 0.863. The predicted octanol–water partition coefficient (Wildman–Crippen LogP) is 2.64. The first-order valence-electron chi connectivity index (χ1n) is 7.42. The zero-order valence-corrected chi connectivity index (χ0v) is 13.4. The Morgan fingerprint density at radius 3 is 2.32 bits per heavy atom. The maximum absolute atomic E-state index is 12.8. The SMILES string of the molecule is CN(CCc1ccncc1)C(=O)C(C)(C)c1ccc(N)cc1. The third-order valence-corrected chi connectivity index (χ3v) is 4.00.